The van der Waals surface area contributed by atoms with Gasteiger partial charge < -0.3 is 14.7 Å². The largest absolute Gasteiger partial charge is 0.394 e. The quantitative estimate of drug-likeness (QED) is 0.689. The molecular formula is C15H29NO3. The molecule has 1 heterocycles. The predicted octanol–water partition coefficient (Wildman–Crippen LogP) is 2.35. The molecule has 0 spiro atoms. The first kappa shape index (κ1) is 16.4. The third-order valence-corrected chi connectivity index (χ3v) is 3.77. The van der Waals surface area contributed by atoms with Crippen molar-refractivity contribution in [3.8, 4) is 0 Å². The highest BCUT2D eigenvalue weighted by atomic mass is 16.5. The van der Waals surface area contributed by atoms with Gasteiger partial charge in [0.25, 0.3) is 0 Å². The van der Waals surface area contributed by atoms with Crippen LogP contribution >= 0.6 is 0 Å². The Morgan fingerprint density at radius 3 is 2.63 bits per heavy atom. The maximum atomic E-state index is 12.1. The first-order chi connectivity index (χ1) is 9.19. The van der Waals surface area contributed by atoms with Crippen molar-refractivity contribution < 1.29 is 14.6 Å². The number of carbonyl (C=O) groups excluding carboxylic acids is 1. The Morgan fingerprint density at radius 2 is 1.95 bits per heavy atom. The first-order valence-electron chi connectivity index (χ1n) is 7.71. The minimum atomic E-state index is -0.204. The van der Waals surface area contributed by atoms with Crippen LogP contribution in [-0.2, 0) is 9.53 Å². The molecule has 1 saturated heterocycles. The zero-order chi connectivity index (χ0) is 14.1. The molecule has 19 heavy (non-hydrogen) atoms. The van der Waals surface area contributed by atoms with Gasteiger partial charge in [0.2, 0.25) is 5.91 Å². The van der Waals surface area contributed by atoms with E-state index in [1.165, 1.54) is 25.7 Å². The summed E-state index contributed by atoms with van der Waals surface area (Å²) in [6, 6.07) is 0.135. The van der Waals surface area contributed by atoms with Gasteiger partial charge in [0.15, 0.2) is 0 Å². The van der Waals surface area contributed by atoms with Gasteiger partial charge >= 0.3 is 0 Å². The monoisotopic (exact) mass is 271 g/mol. The van der Waals surface area contributed by atoms with E-state index in [1.54, 1.807) is 0 Å². The van der Waals surface area contributed by atoms with Gasteiger partial charge in [-0.2, -0.15) is 0 Å². The van der Waals surface area contributed by atoms with Crippen molar-refractivity contribution in [2.24, 2.45) is 0 Å². The van der Waals surface area contributed by atoms with E-state index in [0.29, 0.717) is 19.6 Å². The van der Waals surface area contributed by atoms with E-state index in [9.17, 15) is 4.79 Å². The molecule has 0 aromatic rings. The fourth-order valence-corrected chi connectivity index (χ4v) is 2.48. The second-order valence-electron chi connectivity index (χ2n) is 5.55. The molecule has 2 atom stereocenters. The van der Waals surface area contributed by atoms with Gasteiger partial charge in [0.1, 0.15) is 0 Å². The molecular weight excluding hydrogens is 242 g/mol. The van der Waals surface area contributed by atoms with Gasteiger partial charge in [-0.05, 0) is 13.3 Å². The number of hydrogen-bond acceptors (Lipinski definition) is 3. The van der Waals surface area contributed by atoms with E-state index in [0.717, 1.165) is 12.8 Å². The van der Waals surface area contributed by atoms with Crippen LogP contribution < -0.4 is 0 Å². The number of ether oxygens (including phenoxy) is 1. The van der Waals surface area contributed by atoms with E-state index in [-0.39, 0.29) is 24.7 Å². The molecule has 1 N–H and O–H groups in total. The summed E-state index contributed by atoms with van der Waals surface area (Å²) in [6.07, 6.45) is 7.63. The fraction of sp³-hybridized carbons (Fsp3) is 0.933. The van der Waals surface area contributed by atoms with Crippen LogP contribution in [0.3, 0.4) is 0 Å². The van der Waals surface area contributed by atoms with Gasteiger partial charge in [-0.15, -0.1) is 0 Å². The van der Waals surface area contributed by atoms with Crippen molar-refractivity contribution in [2.45, 2.75) is 70.9 Å². The smallest absolute Gasteiger partial charge is 0.222 e. The summed E-state index contributed by atoms with van der Waals surface area (Å²) in [5.74, 6) is 0.213. The SMILES string of the molecule is CCCCCCCCC(=O)N1CC(CO)OCC1C. The van der Waals surface area contributed by atoms with E-state index >= 15 is 0 Å². The molecule has 2 unspecified atom stereocenters. The van der Waals surface area contributed by atoms with Gasteiger partial charge in [-0.25, -0.2) is 0 Å². The lowest BCUT2D eigenvalue weighted by Crippen LogP contribution is -2.51. The van der Waals surface area contributed by atoms with Gasteiger partial charge in [0, 0.05) is 13.0 Å². The minimum absolute atomic E-state index is 0.00643. The van der Waals surface area contributed by atoms with E-state index in [1.807, 2.05) is 11.8 Å². The van der Waals surface area contributed by atoms with Gasteiger partial charge in [0.05, 0.1) is 25.4 Å². The molecule has 0 aromatic heterocycles. The lowest BCUT2D eigenvalue weighted by molar-refractivity contribution is -0.146. The number of carbonyl (C=O) groups is 1. The number of aliphatic hydroxyl groups excluding tert-OH is 1. The highest BCUT2D eigenvalue weighted by Crippen LogP contribution is 2.15. The number of morpholine rings is 1. The van der Waals surface area contributed by atoms with Crippen LogP contribution in [0.25, 0.3) is 0 Å². The highest BCUT2D eigenvalue weighted by Gasteiger charge is 2.28. The standard InChI is InChI=1S/C15H29NO3/c1-3-4-5-6-7-8-9-15(18)16-10-14(11-17)19-12-13(16)2/h13-14,17H,3-12H2,1-2H3. The predicted molar refractivity (Wildman–Crippen MR) is 76.0 cm³/mol. The second kappa shape index (κ2) is 9.32. The summed E-state index contributed by atoms with van der Waals surface area (Å²) < 4.78 is 5.45. The van der Waals surface area contributed by atoms with Crippen molar-refractivity contribution in [3.63, 3.8) is 0 Å². The van der Waals surface area contributed by atoms with Crippen LogP contribution in [0.4, 0.5) is 0 Å². The van der Waals surface area contributed by atoms with Crippen molar-refractivity contribution in [1.29, 1.82) is 0 Å². The molecule has 1 aliphatic heterocycles. The normalized spacial score (nSPS) is 23.6. The van der Waals surface area contributed by atoms with Gasteiger partial charge in [-0.3, -0.25) is 4.79 Å². The van der Waals surface area contributed by atoms with E-state index in [2.05, 4.69) is 6.92 Å². The van der Waals surface area contributed by atoms with Crippen LogP contribution in [-0.4, -0.2) is 47.8 Å². The average Bonchev–Trinajstić information content (AvgIpc) is 2.43. The maximum absolute atomic E-state index is 12.1. The number of amides is 1. The molecule has 4 heteroatoms. The molecule has 112 valence electrons. The Balaban J connectivity index is 2.20. The summed E-state index contributed by atoms with van der Waals surface area (Å²) in [5.41, 5.74) is 0. The number of unbranched alkanes of at least 4 members (excludes halogenated alkanes) is 5. The zero-order valence-electron chi connectivity index (χ0n) is 12.4. The molecule has 0 saturated carbocycles. The fourth-order valence-electron chi connectivity index (χ4n) is 2.48. The molecule has 0 bridgehead atoms. The minimum Gasteiger partial charge on any atom is -0.394 e. The number of nitrogens with zero attached hydrogens (tertiary/aromatic N) is 1. The third kappa shape index (κ3) is 5.91. The van der Waals surface area contributed by atoms with Crippen molar-refractivity contribution in [2.75, 3.05) is 19.8 Å². The highest BCUT2D eigenvalue weighted by molar-refractivity contribution is 5.76. The Labute approximate surface area is 117 Å². The van der Waals surface area contributed by atoms with Crippen LogP contribution in [0.2, 0.25) is 0 Å². The van der Waals surface area contributed by atoms with Crippen LogP contribution in [0.5, 0.6) is 0 Å². The maximum Gasteiger partial charge on any atom is 0.222 e. The summed E-state index contributed by atoms with van der Waals surface area (Å²) in [4.78, 5) is 14.0. The molecule has 1 amide bonds. The van der Waals surface area contributed by atoms with Crippen molar-refractivity contribution in [1.82, 2.24) is 4.90 Å². The summed E-state index contributed by atoms with van der Waals surface area (Å²) in [6.45, 7) is 5.28. The Morgan fingerprint density at radius 1 is 1.26 bits per heavy atom. The number of hydrogen-bond donors (Lipinski definition) is 1. The zero-order valence-corrected chi connectivity index (χ0v) is 12.4. The summed E-state index contributed by atoms with van der Waals surface area (Å²) >= 11 is 0. The van der Waals surface area contributed by atoms with Gasteiger partial charge in [-0.1, -0.05) is 39.0 Å². The average molecular weight is 271 g/mol. The molecule has 1 rings (SSSR count). The Kier molecular flexibility index (Phi) is 8.07. The summed E-state index contributed by atoms with van der Waals surface area (Å²) in [7, 11) is 0. The van der Waals surface area contributed by atoms with Crippen LogP contribution in [0.1, 0.15) is 58.8 Å². The molecule has 1 fully saturated rings. The molecule has 4 nitrogen and oxygen atoms in total. The topological polar surface area (TPSA) is 49.8 Å². The van der Waals surface area contributed by atoms with E-state index < -0.39 is 0 Å². The van der Waals surface area contributed by atoms with E-state index in [4.69, 9.17) is 9.84 Å². The third-order valence-electron chi connectivity index (χ3n) is 3.77. The number of aliphatic hydroxyl groups is 1. The van der Waals surface area contributed by atoms with Crippen molar-refractivity contribution >= 4 is 5.91 Å². The molecule has 0 aliphatic carbocycles. The Bertz CT molecular complexity index is 258. The lowest BCUT2D eigenvalue weighted by atomic mass is 10.1. The lowest BCUT2D eigenvalue weighted by Gasteiger charge is -2.37. The number of rotatable bonds is 8. The first-order valence-corrected chi connectivity index (χ1v) is 7.71. The van der Waals surface area contributed by atoms with Crippen molar-refractivity contribution in [3.05, 3.63) is 0 Å². The van der Waals surface area contributed by atoms with Crippen LogP contribution in [0, 0.1) is 0 Å². The Hall–Kier alpha value is -0.610. The second-order valence-corrected chi connectivity index (χ2v) is 5.55. The summed E-state index contributed by atoms with van der Waals surface area (Å²) in [5, 5.41) is 9.11. The molecule has 0 radical (unpaired) electrons. The molecule has 0 aromatic carbocycles. The molecule has 1 aliphatic rings. The van der Waals surface area contributed by atoms with Crippen LogP contribution in [0.15, 0.2) is 0 Å².